The maximum absolute atomic E-state index is 13.5. The zero-order valence-electron chi connectivity index (χ0n) is 8.71. The van der Waals surface area contributed by atoms with Gasteiger partial charge in [0.2, 0.25) is 5.91 Å². The number of likely N-dealkylation sites (N-methyl/N-ethyl adjacent to an activating group) is 1. The minimum atomic E-state index is -0.322. The van der Waals surface area contributed by atoms with Crippen molar-refractivity contribution < 1.29 is 13.9 Å². The number of amides is 1. The summed E-state index contributed by atoms with van der Waals surface area (Å²) in [6.07, 6.45) is 0.350. The summed E-state index contributed by atoms with van der Waals surface area (Å²) in [7, 11) is 3.17. The van der Waals surface area contributed by atoms with Crippen LogP contribution in [-0.4, -0.2) is 20.1 Å². The van der Waals surface area contributed by atoms with Gasteiger partial charge in [-0.3, -0.25) is 4.79 Å². The van der Waals surface area contributed by atoms with Crippen molar-refractivity contribution in [3.63, 3.8) is 0 Å². The summed E-state index contributed by atoms with van der Waals surface area (Å²) >= 11 is 0. The van der Waals surface area contributed by atoms with Crippen LogP contribution in [0, 0.1) is 5.82 Å². The van der Waals surface area contributed by atoms with E-state index in [0.29, 0.717) is 17.7 Å². The molecule has 15 heavy (non-hydrogen) atoms. The van der Waals surface area contributed by atoms with E-state index in [-0.39, 0.29) is 18.3 Å². The number of anilines is 1. The van der Waals surface area contributed by atoms with Crippen molar-refractivity contribution in [1.82, 2.24) is 0 Å². The van der Waals surface area contributed by atoms with Crippen LogP contribution < -0.4 is 4.90 Å². The number of hydrogen-bond donors (Lipinski definition) is 0. The lowest BCUT2D eigenvalue weighted by Crippen LogP contribution is -2.22. The van der Waals surface area contributed by atoms with Gasteiger partial charge < -0.3 is 9.64 Å². The number of carbonyl (C=O) groups excluding carboxylic acids is 1. The molecule has 1 heterocycles. The maximum atomic E-state index is 13.5. The molecule has 0 aliphatic carbocycles. The van der Waals surface area contributed by atoms with E-state index < -0.39 is 0 Å². The molecular weight excluding hydrogens is 197 g/mol. The minimum Gasteiger partial charge on any atom is -0.380 e. The van der Waals surface area contributed by atoms with Gasteiger partial charge in [0.1, 0.15) is 5.82 Å². The highest BCUT2D eigenvalue weighted by molar-refractivity contribution is 6.01. The van der Waals surface area contributed by atoms with Crippen LogP contribution in [0.4, 0.5) is 10.1 Å². The van der Waals surface area contributed by atoms with Gasteiger partial charge in [0, 0.05) is 19.7 Å². The lowest BCUT2D eigenvalue weighted by molar-refractivity contribution is -0.117. The molecule has 1 aliphatic rings. The number of methoxy groups -OCH3 is 1. The van der Waals surface area contributed by atoms with Gasteiger partial charge in [-0.2, -0.15) is 0 Å². The minimum absolute atomic E-state index is 0.00652. The van der Waals surface area contributed by atoms with Crippen LogP contribution in [0.25, 0.3) is 0 Å². The van der Waals surface area contributed by atoms with Crippen molar-refractivity contribution >= 4 is 11.6 Å². The second-order valence-corrected chi connectivity index (χ2v) is 3.60. The van der Waals surface area contributed by atoms with Gasteiger partial charge in [0.25, 0.3) is 0 Å². The second-order valence-electron chi connectivity index (χ2n) is 3.60. The molecule has 1 amide bonds. The second kappa shape index (κ2) is 3.62. The molecule has 0 unspecified atom stereocenters. The zero-order valence-corrected chi connectivity index (χ0v) is 8.71. The summed E-state index contributed by atoms with van der Waals surface area (Å²) < 4.78 is 18.5. The molecule has 1 aromatic rings. The number of nitrogens with zero attached hydrogens (tertiary/aromatic N) is 1. The average Bonchev–Trinajstić information content (AvgIpc) is 2.49. The Morgan fingerprint density at radius 3 is 2.93 bits per heavy atom. The lowest BCUT2D eigenvalue weighted by Gasteiger charge is -2.15. The monoisotopic (exact) mass is 209 g/mol. The fraction of sp³-hybridized carbons (Fsp3) is 0.364. The van der Waals surface area contributed by atoms with E-state index in [0.717, 1.165) is 5.56 Å². The van der Waals surface area contributed by atoms with Crippen molar-refractivity contribution in [1.29, 1.82) is 0 Å². The first-order valence-electron chi connectivity index (χ1n) is 4.71. The first-order valence-corrected chi connectivity index (χ1v) is 4.71. The van der Waals surface area contributed by atoms with Crippen LogP contribution in [-0.2, 0) is 22.6 Å². The molecule has 0 radical (unpaired) electrons. The van der Waals surface area contributed by atoms with E-state index in [1.54, 1.807) is 13.1 Å². The van der Waals surface area contributed by atoms with Crippen LogP contribution in [0.15, 0.2) is 12.1 Å². The third-order valence-corrected chi connectivity index (χ3v) is 2.65. The Bertz CT molecular complexity index is 417. The summed E-state index contributed by atoms with van der Waals surface area (Å²) in [6, 6.07) is 3.05. The number of fused-ring (bicyclic) bond motifs is 1. The fourth-order valence-corrected chi connectivity index (χ4v) is 1.91. The fourth-order valence-electron chi connectivity index (χ4n) is 1.91. The van der Waals surface area contributed by atoms with Crippen LogP contribution >= 0.6 is 0 Å². The molecule has 1 aliphatic heterocycles. The van der Waals surface area contributed by atoms with Gasteiger partial charge in [0.05, 0.1) is 18.7 Å². The predicted octanol–water partition coefficient (Wildman–Crippen LogP) is 1.49. The normalized spacial score (nSPS) is 14.6. The quantitative estimate of drug-likeness (QED) is 0.738. The molecule has 0 saturated carbocycles. The molecule has 3 nitrogen and oxygen atoms in total. The Balaban J connectivity index is 2.55. The van der Waals surface area contributed by atoms with Gasteiger partial charge in [-0.1, -0.05) is 6.07 Å². The maximum Gasteiger partial charge on any atom is 0.231 e. The number of carbonyl (C=O) groups is 1. The van der Waals surface area contributed by atoms with Crippen LogP contribution in [0.2, 0.25) is 0 Å². The molecule has 1 aromatic carbocycles. The van der Waals surface area contributed by atoms with Crippen molar-refractivity contribution in [2.45, 2.75) is 13.0 Å². The Kier molecular flexibility index (Phi) is 2.44. The van der Waals surface area contributed by atoms with Crippen LogP contribution in [0.5, 0.6) is 0 Å². The molecule has 0 saturated heterocycles. The smallest absolute Gasteiger partial charge is 0.231 e. The topological polar surface area (TPSA) is 29.5 Å². The number of rotatable bonds is 2. The average molecular weight is 209 g/mol. The van der Waals surface area contributed by atoms with E-state index in [1.165, 1.54) is 18.1 Å². The summed E-state index contributed by atoms with van der Waals surface area (Å²) in [6.45, 7) is 0.187. The summed E-state index contributed by atoms with van der Waals surface area (Å²) in [5, 5.41) is 0. The lowest BCUT2D eigenvalue weighted by atomic mass is 10.1. The molecule has 0 spiro atoms. The van der Waals surface area contributed by atoms with Gasteiger partial charge in [-0.25, -0.2) is 4.39 Å². The highest BCUT2D eigenvalue weighted by Gasteiger charge is 2.28. The molecule has 80 valence electrons. The van der Waals surface area contributed by atoms with Crippen molar-refractivity contribution in [3.05, 3.63) is 29.1 Å². The zero-order chi connectivity index (χ0) is 11.0. The summed E-state index contributed by atoms with van der Waals surface area (Å²) in [4.78, 5) is 13.0. The number of halogens is 1. The van der Waals surface area contributed by atoms with Crippen LogP contribution in [0.3, 0.4) is 0 Å². The van der Waals surface area contributed by atoms with E-state index in [2.05, 4.69) is 0 Å². The Labute approximate surface area is 87.5 Å². The van der Waals surface area contributed by atoms with E-state index in [1.807, 2.05) is 0 Å². The summed E-state index contributed by atoms with van der Waals surface area (Å²) in [5.74, 6) is -0.329. The van der Waals surface area contributed by atoms with Crippen molar-refractivity contribution in [2.24, 2.45) is 0 Å². The van der Waals surface area contributed by atoms with Crippen molar-refractivity contribution in [2.75, 3.05) is 19.1 Å². The SMILES string of the molecule is COCc1c(F)ccc2c1N(C)C(=O)C2. The first kappa shape index (κ1) is 10.1. The Hall–Kier alpha value is -1.42. The van der Waals surface area contributed by atoms with Gasteiger partial charge in [-0.05, 0) is 11.6 Å². The molecule has 0 atom stereocenters. The Morgan fingerprint density at radius 1 is 1.53 bits per heavy atom. The molecule has 2 rings (SSSR count). The molecule has 0 fully saturated rings. The first-order chi connectivity index (χ1) is 7.15. The highest BCUT2D eigenvalue weighted by atomic mass is 19.1. The van der Waals surface area contributed by atoms with E-state index >= 15 is 0 Å². The molecule has 0 aromatic heterocycles. The largest absolute Gasteiger partial charge is 0.380 e. The standard InChI is InChI=1S/C11H12FNO2/c1-13-10(14)5-7-3-4-9(12)8(6-15-2)11(7)13/h3-4H,5-6H2,1-2H3. The third kappa shape index (κ3) is 1.51. The van der Waals surface area contributed by atoms with E-state index in [4.69, 9.17) is 4.74 Å². The predicted molar refractivity (Wildman–Crippen MR) is 54.2 cm³/mol. The van der Waals surface area contributed by atoms with E-state index in [9.17, 15) is 9.18 Å². The third-order valence-electron chi connectivity index (χ3n) is 2.65. The van der Waals surface area contributed by atoms with Gasteiger partial charge >= 0.3 is 0 Å². The summed E-state index contributed by atoms with van der Waals surface area (Å²) in [5.41, 5.74) is 2.00. The molecule has 4 heteroatoms. The Morgan fingerprint density at radius 2 is 2.27 bits per heavy atom. The number of ether oxygens (including phenoxy) is 1. The van der Waals surface area contributed by atoms with Gasteiger partial charge in [0.15, 0.2) is 0 Å². The highest BCUT2D eigenvalue weighted by Crippen LogP contribution is 2.33. The molecule has 0 bridgehead atoms. The van der Waals surface area contributed by atoms with Crippen molar-refractivity contribution in [3.8, 4) is 0 Å². The number of hydrogen-bond acceptors (Lipinski definition) is 2. The molecular formula is C11H12FNO2. The number of benzene rings is 1. The van der Waals surface area contributed by atoms with Crippen LogP contribution in [0.1, 0.15) is 11.1 Å². The molecule has 0 N–H and O–H groups in total. The van der Waals surface area contributed by atoms with Gasteiger partial charge in [-0.15, -0.1) is 0 Å².